The zero-order chi connectivity index (χ0) is 12.3. The molecular weight excluding hydrogens is 241 g/mol. The third-order valence-electron chi connectivity index (χ3n) is 2.31. The fourth-order valence-corrected chi connectivity index (χ4v) is 1.74. The Morgan fingerprint density at radius 1 is 1.44 bits per heavy atom. The molecule has 0 aliphatic carbocycles. The van der Waals surface area contributed by atoms with Crippen LogP contribution in [-0.2, 0) is 11.0 Å². The highest BCUT2D eigenvalue weighted by Gasteiger charge is 2.31. The Kier molecular flexibility index (Phi) is 3.97. The van der Waals surface area contributed by atoms with E-state index in [-0.39, 0.29) is 17.4 Å². The molecule has 1 aromatic rings. The summed E-state index contributed by atoms with van der Waals surface area (Å²) in [5.41, 5.74) is -0.221. The molecule has 0 heterocycles. The van der Waals surface area contributed by atoms with Crippen LogP contribution in [0.25, 0.3) is 0 Å². The van der Waals surface area contributed by atoms with Gasteiger partial charge in [0.25, 0.3) is 0 Å². The van der Waals surface area contributed by atoms with Crippen LogP contribution in [0, 0.1) is 0 Å². The van der Waals surface area contributed by atoms with Gasteiger partial charge in [-0.2, -0.15) is 13.2 Å². The Balaban J connectivity index is 3.05. The summed E-state index contributed by atoms with van der Waals surface area (Å²) in [7, 11) is 0. The molecule has 0 N–H and O–H groups in total. The summed E-state index contributed by atoms with van der Waals surface area (Å²) in [6.07, 6.45) is -3.43. The van der Waals surface area contributed by atoms with E-state index in [0.717, 1.165) is 18.4 Å². The predicted molar refractivity (Wildman–Crippen MR) is 55.6 cm³/mol. The molecule has 5 heteroatoms. The Labute approximate surface area is 96.2 Å². The summed E-state index contributed by atoms with van der Waals surface area (Å²) in [4.78, 5) is 10.3. The Hall–Kier alpha value is -1.03. The summed E-state index contributed by atoms with van der Waals surface area (Å²) in [6.45, 7) is 1.74. The van der Waals surface area contributed by atoms with Crippen LogP contribution < -0.4 is 0 Å². The first-order chi connectivity index (χ1) is 7.36. The quantitative estimate of drug-likeness (QED) is 0.740. The fraction of sp³-hybridized carbons (Fsp3) is 0.364. The second-order valence-corrected chi connectivity index (χ2v) is 3.94. The van der Waals surface area contributed by atoms with Gasteiger partial charge in [-0.15, -0.1) is 0 Å². The van der Waals surface area contributed by atoms with E-state index in [4.69, 9.17) is 11.6 Å². The van der Waals surface area contributed by atoms with E-state index >= 15 is 0 Å². The van der Waals surface area contributed by atoms with Gasteiger partial charge < -0.3 is 4.79 Å². The molecule has 0 fully saturated rings. The topological polar surface area (TPSA) is 17.1 Å². The second-order valence-electron chi connectivity index (χ2n) is 3.54. The number of alkyl halides is 3. The first kappa shape index (κ1) is 13.0. The molecule has 0 radical (unpaired) electrons. The zero-order valence-electron chi connectivity index (χ0n) is 8.51. The van der Waals surface area contributed by atoms with Gasteiger partial charge in [0.1, 0.15) is 6.29 Å². The van der Waals surface area contributed by atoms with E-state index in [1.165, 1.54) is 6.07 Å². The molecule has 0 bridgehead atoms. The molecule has 0 aliphatic rings. The average Bonchev–Trinajstić information content (AvgIpc) is 2.16. The van der Waals surface area contributed by atoms with Gasteiger partial charge in [0, 0.05) is 11.4 Å². The van der Waals surface area contributed by atoms with Crippen molar-refractivity contribution in [2.24, 2.45) is 0 Å². The maximum atomic E-state index is 12.3. The summed E-state index contributed by atoms with van der Waals surface area (Å²) < 4.78 is 37.0. The molecule has 0 saturated heterocycles. The number of aldehydes is 1. The third-order valence-corrected chi connectivity index (χ3v) is 2.64. The lowest BCUT2D eigenvalue weighted by molar-refractivity contribution is -0.137. The highest BCUT2D eigenvalue weighted by molar-refractivity contribution is 6.31. The molecule has 88 valence electrons. The standard InChI is InChI=1S/C11H10ClF3O/c1-7(4-5-16)9-3-2-8(6-10(9)12)11(13,14)15/h2-3,5-7H,4H2,1H3. The van der Waals surface area contributed by atoms with Gasteiger partial charge in [0.05, 0.1) is 5.56 Å². The summed E-state index contributed by atoms with van der Waals surface area (Å²) in [5.74, 6) is -0.174. The van der Waals surface area contributed by atoms with Crippen molar-refractivity contribution in [2.45, 2.75) is 25.4 Å². The Morgan fingerprint density at radius 3 is 2.50 bits per heavy atom. The largest absolute Gasteiger partial charge is 0.416 e. The van der Waals surface area contributed by atoms with Crippen molar-refractivity contribution in [3.63, 3.8) is 0 Å². The summed E-state index contributed by atoms with van der Waals surface area (Å²) in [6, 6.07) is 3.18. The highest BCUT2D eigenvalue weighted by atomic mass is 35.5. The van der Waals surface area contributed by atoms with E-state index in [9.17, 15) is 18.0 Å². The predicted octanol–water partition coefficient (Wildman–Crippen LogP) is 4.05. The van der Waals surface area contributed by atoms with Gasteiger partial charge in [0.15, 0.2) is 0 Å². The van der Waals surface area contributed by atoms with E-state index in [0.29, 0.717) is 5.56 Å². The minimum Gasteiger partial charge on any atom is -0.303 e. The first-order valence-electron chi connectivity index (χ1n) is 4.66. The second kappa shape index (κ2) is 4.87. The molecule has 1 aromatic carbocycles. The number of carbonyl (C=O) groups is 1. The average molecular weight is 251 g/mol. The summed E-state index contributed by atoms with van der Waals surface area (Å²) in [5, 5.41) is 0.0455. The molecule has 1 rings (SSSR count). The van der Waals surface area contributed by atoms with Crippen molar-refractivity contribution < 1.29 is 18.0 Å². The molecule has 1 unspecified atom stereocenters. The van der Waals surface area contributed by atoms with Crippen LogP contribution in [0.2, 0.25) is 5.02 Å². The van der Waals surface area contributed by atoms with E-state index in [1.54, 1.807) is 6.92 Å². The van der Waals surface area contributed by atoms with E-state index in [2.05, 4.69) is 0 Å². The fourth-order valence-electron chi connectivity index (χ4n) is 1.37. The van der Waals surface area contributed by atoms with Gasteiger partial charge in [-0.3, -0.25) is 0 Å². The number of rotatable bonds is 3. The number of halogens is 4. The lowest BCUT2D eigenvalue weighted by Gasteiger charge is -2.13. The lowest BCUT2D eigenvalue weighted by atomic mass is 9.97. The van der Waals surface area contributed by atoms with Crippen LogP contribution in [0.3, 0.4) is 0 Å². The van der Waals surface area contributed by atoms with Crippen molar-refractivity contribution in [3.8, 4) is 0 Å². The normalized spacial score (nSPS) is 13.6. The van der Waals surface area contributed by atoms with Gasteiger partial charge >= 0.3 is 6.18 Å². The molecule has 16 heavy (non-hydrogen) atoms. The minimum absolute atomic E-state index is 0.0455. The number of carbonyl (C=O) groups excluding carboxylic acids is 1. The van der Waals surface area contributed by atoms with Crippen molar-refractivity contribution in [2.75, 3.05) is 0 Å². The molecule has 1 atom stereocenters. The molecular formula is C11H10ClF3O. The van der Waals surface area contributed by atoms with Crippen LogP contribution in [0.1, 0.15) is 30.4 Å². The van der Waals surface area contributed by atoms with Crippen molar-refractivity contribution in [3.05, 3.63) is 34.3 Å². The van der Waals surface area contributed by atoms with Gasteiger partial charge in [-0.1, -0.05) is 24.6 Å². The van der Waals surface area contributed by atoms with Crippen molar-refractivity contribution in [1.29, 1.82) is 0 Å². The number of hydrogen-bond donors (Lipinski definition) is 0. The van der Waals surface area contributed by atoms with E-state index < -0.39 is 11.7 Å². The molecule has 0 saturated carbocycles. The molecule has 1 nitrogen and oxygen atoms in total. The maximum absolute atomic E-state index is 12.3. The van der Waals surface area contributed by atoms with Crippen molar-refractivity contribution >= 4 is 17.9 Å². The van der Waals surface area contributed by atoms with Gasteiger partial charge in [-0.05, 0) is 23.6 Å². The zero-order valence-corrected chi connectivity index (χ0v) is 9.27. The van der Waals surface area contributed by atoms with Crippen LogP contribution in [0.4, 0.5) is 13.2 Å². The third kappa shape index (κ3) is 2.98. The molecule has 0 spiro atoms. The van der Waals surface area contributed by atoms with Crippen LogP contribution >= 0.6 is 11.6 Å². The maximum Gasteiger partial charge on any atom is 0.416 e. The first-order valence-corrected chi connectivity index (χ1v) is 5.04. The monoisotopic (exact) mass is 250 g/mol. The minimum atomic E-state index is -4.39. The SMILES string of the molecule is CC(CC=O)c1ccc(C(F)(F)F)cc1Cl. The smallest absolute Gasteiger partial charge is 0.303 e. The molecule has 0 amide bonds. The Morgan fingerprint density at radius 2 is 2.06 bits per heavy atom. The Bertz CT molecular complexity index is 387. The lowest BCUT2D eigenvalue weighted by Crippen LogP contribution is -2.06. The number of benzene rings is 1. The van der Waals surface area contributed by atoms with Gasteiger partial charge in [-0.25, -0.2) is 0 Å². The summed E-state index contributed by atoms with van der Waals surface area (Å²) >= 11 is 5.75. The molecule has 0 aliphatic heterocycles. The molecule has 0 aromatic heterocycles. The van der Waals surface area contributed by atoms with E-state index in [1.807, 2.05) is 0 Å². The van der Waals surface area contributed by atoms with Crippen LogP contribution in [0.5, 0.6) is 0 Å². The van der Waals surface area contributed by atoms with Gasteiger partial charge in [0.2, 0.25) is 0 Å². The number of hydrogen-bond acceptors (Lipinski definition) is 1. The van der Waals surface area contributed by atoms with Crippen LogP contribution in [-0.4, -0.2) is 6.29 Å². The van der Waals surface area contributed by atoms with Crippen molar-refractivity contribution in [1.82, 2.24) is 0 Å². The van der Waals surface area contributed by atoms with Crippen LogP contribution in [0.15, 0.2) is 18.2 Å². The highest BCUT2D eigenvalue weighted by Crippen LogP contribution is 2.34.